The van der Waals surface area contributed by atoms with E-state index >= 15 is 0 Å². The first-order valence-corrected chi connectivity index (χ1v) is 6.29. The van der Waals surface area contributed by atoms with Crippen molar-refractivity contribution in [1.29, 1.82) is 0 Å². The van der Waals surface area contributed by atoms with Crippen molar-refractivity contribution in [3.05, 3.63) is 55.3 Å². The first-order chi connectivity index (χ1) is 9.21. The molecule has 0 aliphatic rings. The Kier molecular flexibility index (Phi) is 4.04. The molecule has 0 radical (unpaired) electrons. The van der Waals surface area contributed by atoms with E-state index in [1.807, 2.05) is 0 Å². The second kappa shape index (κ2) is 5.31. The number of rotatable bonds is 1. The predicted molar refractivity (Wildman–Crippen MR) is 72.5 cm³/mol. The fourth-order valence-corrected chi connectivity index (χ4v) is 2.22. The number of nitrogens with one attached hydrogen (secondary N) is 1. The molecule has 0 fully saturated rings. The molecule has 0 amide bonds. The van der Waals surface area contributed by atoms with E-state index in [1.165, 1.54) is 12.1 Å². The number of hydrogen-bond donors (Lipinski definition) is 1. The molecule has 0 saturated carbocycles. The van der Waals surface area contributed by atoms with Gasteiger partial charge in [0.25, 0.3) is 0 Å². The fraction of sp³-hybridized carbons (Fsp3) is 0.0833. The molecule has 2 rings (SSSR count). The SMILES string of the molecule is O=c1cc(-c2ccc(Cl)c(Cl)c2Cl)[nH]cc1C(F)(F)F. The average Bonchev–Trinajstić information content (AvgIpc) is 2.34. The minimum Gasteiger partial charge on any atom is -0.360 e. The van der Waals surface area contributed by atoms with E-state index in [4.69, 9.17) is 34.8 Å². The summed E-state index contributed by atoms with van der Waals surface area (Å²) in [6.07, 6.45) is -4.12. The average molecular weight is 343 g/mol. The van der Waals surface area contributed by atoms with Gasteiger partial charge in [-0.25, -0.2) is 0 Å². The molecule has 1 N–H and O–H groups in total. The van der Waals surface area contributed by atoms with E-state index in [9.17, 15) is 18.0 Å². The van der Waals surface area contributed by atoms with Crippen LogP contribution < -0.4 is 5.43 Å². The third kappa shape index (κ3) is 2.80. The summed E-state index contributed by atoms with van der Waals surface area (Å²) < 4.78 is 37.5. The Labute approximate surface area is 126 Å². The molecular weight excluding hydrogens is 337 g/mol. The van der Waals surface area contributed by atoms with Crippen molar-refractivity contribution >= 4 is 34.8 Å². The number of aromatic nitrogens is 1. The molecule has 0 saturated heterocycles. The molecule has 0 aliphatic carbocycles. The van der Waals surface area contributed by atoms with Gasteiger partial charge in [0.2, 0.25) is 0 Å². The molecule has 0 unspecified atom stereocenters. The van der Waals surface area contributed by atoms with Gasteiger partial charge in [0, 0.05) is 17.8 Å². The topological polar surface area (TPSA) is 32.9 Å². The van der Waals surface area contributed by atoms with Crippen LogP contribution in [0.2, 0.25) is 15.1 Å². The maximum atomic E-state index is 12.5. The fourth-order valence-electron chi connectivity index (χ4n) is 1.58. The van der Waals surface area contributed by atoms with Gasteiger partial charge in [-0.15, -0.1) is 0 Å². The summed E-state index contributed by atoms with van der Waals surface area (Å²) in [5.41, 5.74) is -2.04. The Balaban J connectivity index is 2.59. The van der Waals surface area contributed by atoms with Crippen molar-refractivity contribution in [2.45, 2.75) is 6.18 Å². The molecule has 2 nitrogen and oxygen atoms in total. The van der Waals surface area contributed by atoms with Gasteiger partial charge in [-0.05, 0) is 12.1 Å². The van der Waals surface area contributed by atoms with Crippen molar-refractivity contribution in [2.75, 3.05) is 0 Å². The van der Waals surface area contributed by atoms with Crippen LogP contribution >= 0.6 is 34.8 Å². The van der Waals surface area contributed by atoms with E-state index in [1.54, 1.807) is 0 Å². The van der Waals surface area contributed by atoms with E-state index in [2.05, 4.69) is 4.98 Å². The van der Waals surface area contributed by atoms with Crippen molar-refractivity contribution in [1.82, 2.24) is 4.98 Å². The van der Waals surface area contributed by atoms with Gasteiger partial charge in [0.15, 0.2) is 5.43 Å². The number of hydrogen-bond acceptors (Lipinski definition) is 1. The lowest BCUT2D eigenvalue weighted by Crippen LogP contribution is -2.19. The normalized spacial score (nSPS) is 11.7. The lowest BCUT2D eigenvalue weighted by molar-refractivity contribution is -0.138. The summed E-state index contributed by atoms with van der Waals surface area (Å²) in [6, 6.07) is 3.70. The Morgan fingerprint density at radius 2 is 1.70 bits per heavy atom. The summed E-state index contributed by atoms with van der Waals surface area (Å²) in [6.45, 7) is 0. The first kappa shape index (κ1) is 15.2. The van der Waals surface area contributed by atoms with Crippen LogP contribution in [0.5, 0.6) is 0 Å². The zero-order valence-electron chi connectivity index (χ0n) is 9.49. The van der Waals surface area contributed by atoms with Crippen LogP contribution in [-0.2, 0) is 6.18 Å². The molecule has 1 aromatic heterocycles. The van der Waals surface area contributed by atoms with Crippen LogP contribution in [0, 0.1) is 0 Å². The number of pyridine rings is 1. The Morgan fingerprint density at radius 1 is 1.05 bits per heavy atom. The standard InChI is InChI=1S/C12H5Cl3F3NO/c13-7-2-1-5(10(14)11(7)15)8-3-9(20)6(4-19-8)12(16,17)18/h1-4H,(H,19,20). The van der Waals surface area contributed by atoms with Crippen LogP contribution in [0.4, 0.5) is 13.2 Å². The molecule has 2 aromatic rings. The van der Waals surface area contributed by atoms with Gasteiger partial charge in [0.05, 0.1) is 20.8 Å². The lowest BCUT2D eigenvalue weighted by atomic mass is 10.1. The smallest absolute Gasteiger partial charge is 0.360 e. The molecular formula is C12H5Cl3F3NO. The van der Waals surface area contributed by atoms with Gasteiger partial charge in [-0.2, -0.15) is 13.2 Å². The monoisotopic (exact) mass is 341 g/mol. The van der Waals surface area contributed by atoms with Gasteiger partial charge >= 0.3 is 6.18 Å². The highest BCUT2D eigenvalue weighted by Gasteiger charge is 2.33. The van der Waals surface area contributed by atoms with E-state index in [0.717, 1.165) is 6.07 Å². The number of alkyl halides is 3. The van der Waals surface area contributed by atoms with Gasteiger partial charge in [-0.1, -0.05) is 34.8 Å². The number of H-pyrrole nitrogens is 1. The van der Waals surface area contributed by atoms with E-state index in [0.29, 0.717) is 6.20 Å². The van der Waals surface area contributed by atoms with E-state index in [-0.39, 0.29) is 26.3 Å². The van der Waals surface area contributed by atoms with Crippen LogP contribution in [0.15, 0.2) is 29.2 Å². The van der Waals surface area contributed by atoms with Crippen LogP contribution in [0.25, 0.3) is 11.3 Å². The Hall–Kier alpha value is -1.17. The summed E-state index contributed by atoms with van der Waals surface area (Å²) >= 11 is 17.5. The molecule has 20 heavy (non-hydrogen) atoms. The Morgan fingerprint density at radius 3 is 2.25 bits per heavy atom. The minimum absolute atomic E-state index is 0.0505. The summed E-state index contributed by atoms with van der Waals surface area (Å²) in [5, 5.41) is 0.316. The molecule has 1 aromatic carbocycles. The van der Waals surface area contributed by atoms with Crippen LogP contribution in [-0.4, -0.2) is 4.98 Å². The first-order valence-electron chi connectivity index (χ1n) is 5.15. The van der Waals surface area contributed by atoms with Gasteiger partial charge in [0.1, 0.15) is 5.56 Å². The second-order valence-corrected chi connectivity index (χ2v) is 5.01. The zero-order valence-corrected chi connectivity index (χ0v) is 11.8. The summed E-state index contributed by atoms with van der Waals surface area (Å²) in [4.78, 5) is 13.9. The molecule has 1 heterocycles. The Bertz CT molecular complexity index is 725. The molecule has 0 bridgehead atoms. The quantitative estimate of drug-likeness (QED) is 0.725. The maximum Gasteiger partial charge on any atom is 0.421 e. The molecule has 0 aliphatic heterocycles. The molecule has 8 heteroatoms. The van der Waals surface area contributed by atoms with Crippen LogP contribution in [0.1, 0.15) is 5.56 Å². The largest absolute Gasteiger partial charge is 0.421 e. The highest BCUT2D eigenvalue weighted by atomic mass is 35.5. The lowest BCUT2D eigenvalue weighted by Gasteiger charge is -2.09. The van der Waals surface area contributed by atoms with Gasteiger partial charge in [-0.3, -0.25) is 4.79 Å². The summed E-state index contributed by atoms with van der Waals surface area (Å²) in [7, 11) is 0. The molecule has 0 spiro atoms. The third-order valence-electron chi connectivity index (χ3n) is 2.54. The van der Waals surface area contributed by atoms with Crippen molar-refractivity contribution in [3.63, 3.8) is 0 Å². The second-order valence-electron chi connectivity index (χ2n) is 3.85. The predicted octanol–water partition coefficient (Wildman–Crippen LogP) is 5.02. The molecule has 106 valence electrons. The highest BCUT2D eigenvalue weighted by Crippen LogP contribution is 2.37. The van der Waals surface area contributed by atoms with Crippen molar-refractivity contribution < 1.29 is 13.2 Å². The van der Waals surface area contributed by atoms with Crippen molar-refractivity contribution in [3.8, 4) is 11.3 Å². The van der Waals surface area contributed by atoms with Crippen LogP contribution in [0.3, 0.4) is 0 Å². The number of aromatic amines is 1. The molecule has 0 atom stereocenters. The maximum absolute atomic E-state index is 12.5. The minimum atomic E-state index is -4.71. The van der Waals surface area contributed by atoms with Crippen molar-refractivity contribution in [2.24, 2.45) is 0 Å². The highest BCUT2D eigenvalue weighted by molar-refractivity contribution is 6.49. The van der Waals surface area contributed by atoms with E-state index < -0.39 is 17.2 Å². The third-order valence-corrected chi connectivity index (χ3v) is 3.84. The van der Waals surface area contributed by atoms with Gasteiger partial charge < -0.3 is 4.98 Å². The number of benzene rings is 1. The zero-order chi connectivity index (χ0) is 15.1. The summed E-state index contributed by atoms with van der Waals surface area (Å²) in [5.74, 6) is 0. The number of halogens is 6.